The van der Waals surface area contributed by atoms with Gasteiger partial charge in [0.1, 0.15) is 30.8 Å². The van der Waals surface area contributed by atoms with Gasteiger partial charge in [0.25, 0.3) is 12.4 Å². The topological polar surface area (TPSA) is 116 Å². The highest BCUT2D eigenvalue weighted by molar-refractivity contribution is 6.32. The van der Waals surface area contributed by atoms with Crippen LogP contribution in [0.15, 0.2) is 67.0 Å². The summed E-state index contributed by atoms with van der Waals surface area (Å²) >= 11 is 6.85. The van der Waals surface area contributed by atoms with Gasteiger partial charge in [-0.25, -0.2) is 0 Å². The standard InChI is InChI=1S/C39H43ClN4O3.CH2O2/c1-5-44(6-2)39(45)35-15-11-14-34(28(35)4)33-13-10-12-31(27(33)3)26-47-38-20-37(46-25-30-18-29(21-41)22-42-23-30)32(19-36(38)40)24-43-16-8-7-9-17-43;2-1-3/h10-15,18-20,22-23H,5-9,16-17,24-26H2,1-4H3;1H,(H,2,3). The molecular formula is C40H45ClN4O5. The van der Waals surface area contributed by atoms with E-state index in [4.69, 9.17) is 31.0 Å². The molecule has 10 heteroatoms. The third kappa shape index (κ3) is 9.62. The van der Waals surface area contributed by atoms with Crippen LogP contribution in [0.25, 0.3) is 11.1 Å². The summed E-state index contributed by atoms with van der Waals surface area (Å²) in [5.74, 6) is 1.30. The van der Waals surface area contributed by atoms with E-state index in [1.807, 2.05) is 56.0 Å². The van der Waals surface area contributed by atoms with Crippen molar-refractivity contribution >= 4 is 24.0 Å². The van der Waals surface area contributed by atoms with Crippen LogP contribution in [-0.2, 0) is 24.6 Å². The average molecular weight is 697 g/mol. The Morgan fingerprint density at radius 1 is 0.940 bits per heavy atom. The molecule has 1 aromatic heterocycles. The monoisotopic (exact) mass is 696 g/mol. The first-order valence-electron chi connectivity index (χ1n) is 16.9. The van der Waals surface area contributed by atoms with Crippen LogP contribution >= 0.6 is 11.6 Å². The van der Waals surface area contributed by atoms with E-state index < -0.39 is 0 Å². The number of aromatic nitrogens is 1. The zero-order valence-corrected chi connectivity index (χ0v) is 30.0. The SMILES string of the molecule is CCN(CC)C(=O)c1cccc(-c2cccc(COc3cc(OCc4cncc(C#N)c4)c(CN4CCCCC4)cc3Cl)c2C)c1C.O=CO. The van der Waals surface area contributed by atoms with Crippen LogP contribution in [0.1, 0.15) is 76.8 Å². The van der Waals surface area contributed by atoms with Crippen molar-refractivity contribution in [3.8, 4) is 28.7 Å². The van der Waals surface area contributed by atoms with E-state index in [1.54, 1.807) is 18.5 Å². The maximum absolute atomic E-state index is 13.2. The van der Waals surface area contributed by atoms with Crippen molar-refractivity contribution in [2.45, 2.75) is 66.7 Å². The van der Waals surface area contributed by atoms with Gasteiger partial charge in [0.05, 0.1) is 10.6 Å². The maximum Gasteiger partial charge on any atom is 0.290 e. The first kappa shape index (κ1) is 37.9. The second-order valence-electron chi connectivity index (χ2n) is 12.1. The molecule has 0 unspecified atom stereocenters. The van der Waals surface area contributed by atoms with Crippen molar-refractivity contribution in [3.63, 3.8) is 0 Å². The average Bonchev–Trinajstić information content (AvgIpc) is 3.13. The fourth-order valence-electron chi connectivity index (χ4n) is 6.22. The number of amides is 1. The van der Waals surface area contributed by atoms with Gasteiger partial charge in [0.15, 0.2) is 0 Å². The summed E-state index contributed by atoms with van der Waals surface area (Å²) in [7, 11) is 0. The molecule has 1 fully saturated rings. The Hall–Kier alpha value is -4.91. The lowest BCUT2D eigenvalue weighted by Gasteiger charge is -2.27. The summed E-state index contributed by atoms with van der Waals surface area (Å²) in [5, 5.41) is 16.7. The smallest absolute Gasteiger partial charge is 0.290 e. The second kappa shape index (κ2) is 18.7. The van der Waals surface area contributed by atoms with Crippen molar-refractivity contribution in [2.75, 3.05) is 26.2 Å². The van der Waals surface area contributed by atoms with Crippen LogP contribution in [0.2, 0.25) is 5.02 Å². The summed E-state index contributed by atoms with van der Waals surface area (Å²) in [6, 6.07) is 19.9. The minimum atomic E-state index is -0.250. The molecule has 0 radical (unpaired) electrons. The number of carbonyl (C=O) groups excluding carboxylic acids is 1. The molecule has 1 aliphatic heterocycles. The molecular weight excluding hydrogens is 652 g/mol. The highest BCUT2D eigenvalue weighted by atomic mass is 35.5. The number of ether oxygens (including phenoxy) is 2. The number of nitriles is 1. The Morgan fingerprint density at radius 2 is 1.60 bits per heavy atom. The Bertz CT molecular complexity index is 1810. The van der Waals surface area contributed by atoms with Gasteiger partial charge >= 0.3 is 0 Å². The molecule has 2 heterocycles. The Balaban J connectivity index is 0.00000181. The molecule has 1 saturated heterocycles. The Kier molecular flexibility index (Phi) is 14.2. The van der Waals surface area contributed by atoms with Gasteiger partial charge in [-0.1, -0.05) is 48.4 Å². The molecule has 1 aliphatic rings. The third-order valence-electron chi connectivity index (χ3n) is 9.01. The largest absolute Gasteiger partial charge is 0.488 e. The Morgan fingerprint density at radius 3 is 2.28 bits per heavy atom. The second-order valence-corrected chi connectivity index (χ2v) is 12.6. The summed E-state index contributed by atoms with van der Waals surface area (Å²) in [6.07, 6.45) is 6.89. The predicted octanol–water partition coefficient (Wildman–Crippen LogP) is 8.22. The van der Waals surface area contributed by atoms with Crippen molar-refractivity contribution in [2.24, 2.45) is 0 Å². The van der Waals surface area contributed by atoms with Gasteiger partial charge in [-0.15, -0.1) is 0 Å². The molecule has 5 rings (SSSR count). The van der Waals surface area contributed by atoms with Crippen molar-refractivity contribution in [1.82, 2.24) is 14.8 Å². The number of pyridine rings is 1. The quantitative estimate of drug-likeness (QED) is 0.147. The Labute approximate surface area is 300 Å². The number of hydrogen-bond acceptors (Lipinski definition) is 7. The highest BCUT2D eigenvalue weighted by Crippen LogP contribution is 2.36. The van der Waals surface area contributed by atoms with Crippen LogP contribution < -0.4 is 9.47 Å². The molecule has 0 aliphatic carbocycles. The number of rotatable bonds is 12. The molecule has 0 atom stereocenters. The fourth-order valence-corrected chi connectivity index (χ4v) is 6.46. The summed E-state index contributed by atoms with van der Waals surface area (Å²) in [5.41, 5.74) is 8.22. The predicted molar refractivity (Wildman–Crippen MR) is 195 cm³/mol. The van der Waals surface area contributed by atoms with Gasteiger partial charge in [-0.05, 0) is 99.6 Å². The van der Waals surface area contributed by atoms with E-state index in [1.165, 1.54) is 19.3 Å². The number of carboxylic acid groups (broad SMARTS) is 1. The van der Waals surface area contributed by atoms with Crippen molar-refractivity contribution < 1.29 is 24.2 Å². The molecule has 1 N–H and O–H groups in total. The van der Waals surface area contributed by atoms with Gasteiger partial charge in [0, 0.05) is 54.8 Å². The molecule has 3 aromatic carbocycles. The number of benzene rings is 3. The minimum absolute atomic E-state index is 0.0527. The molecule has 9 nitrogen and oxygen atoms in total. The van der Waals surface area contributed by atoms with E-state index in [0.717, 1.165) is 64.1 Å². The number of carbonyl (C=O) groups is 2. The van der Waals surface area contributed by atoms with Crippen LogP contribution in [0.5, 0.6) is 11.5 Å². The number of hydrogen-bond donors (Lipinski definition) is 1. The zero-order valence-electron chi connectivity index (χ0n) is 29.2. The minimum Gasteiger partial charge on any atom is -0.488 e. The first-order valence-corrected chi connectivity index (χ1v) is 17.3. The van der Waals surface area contributed by atoms with E-state index in [2.05, 4.69) is 41.1 Å². The number of piperidine rings is 1. The normalized spacial score (nSPS) is 12.6. The van der Waals surface area contributed by atoms with Crippen LogP contribution in [0, 0.1) is 25.2 Å². The number of nitrogens with zero attached hydrogens (tertiary/aromatic N) is 4. The lowest BCUT2D eigenvalue weighted by atomic mass is 9.91. The molecule has 0 spiro atoms. The zero-order chi connectivity index (χ0) is 36.0. The van der Waals surface area contributed by atoms with E-state index in [9.17, 15) is 10.1 Å². The summed E-state index contributed by atoms with van der Waals surface area (Å²) < 4.78 is 12.7. The van der Waals surface area contributed by atoms with Crippen LogP contribution in [-0.4, -0.2) is 58.4 Å². The third-order valence-corrected chi connectivity index (χ3v) is 9.31. The first-order chi connectivity index (χ1) is 24.2. The van der Waals surface area contributed by atoms with Crippen molar-refractivity contribution in [1.29, 1.82) is 5.26 Å². The molecule has 1 amide bonds. The molecule has 262 valence electrons. The summed E-state index contributed by atoms with van der Waals surface area (Å²) in [6.45, 7) is 12.6. The maximum atomic E-state index is 13.2. The van der Waals surface area contributed by atoms with Crippen LogP contribution in [0.3, 0.4) is 0 Å². The lowest BCUT2D eigenvalue weighted by Crippen LogP contribution is -2.31. The van der Waals surface area contributed by atoms with E-state index in [-0.39, 0.29) is 19.0 Å². The molecule has 4 aromatic rings. The lowest BCUT2D eigenvalue weighted by molar-refractivity contribution is -0.122. The number of likely N-dealkylation sites (tertiary alicyclic amines) is 1. The molecule has 50 heavy (non-hydrogen) atoms. The van der Waals surface area contributed by atoms with Crippen LogP contribution in [0.4, 0.5) is 0 Å². The van der Waals surface area contributed by atoms with Gasteiger partial charge in [-0.2, -0.15) is 5.26 Å². The van der Waals surface area contributed by atoms with Crippen molar-refractivity contribution in [3.05, 3.63) is 111 Å². The van der Waals surface area contributed by atoms with Gasteiger partial charge < -0.3 is 19.5 Å². The summed E-state index contributed by atoms with van der Waals surface area (Å²) in [4.78, 5) is 30.1. The number of halogens is 1. The van der Waals surface area contributed by atoms with Gasteiger partial charge in [0.2, 0.25) is 0 Å². The molecule has 0 bridgehead atoms. The van der Waals surface area contributed by atoms with E-state index >= 15 is 0 Å². The van der Waals surface area contributed by atoms with E-state index in [0.29, 0.717) is 41.8 Å². The fraction of sp³-hybridized carbons (Fsp3) is 0.350. The highest BCUT2D eigenvalue weighted by Gasteiger charge is 2.20. The molecule has 0 saturated carbocycles. The van der Waals surface area contributed by atoms with Gasteiger partial charge in [-0.3, -0.25) is 19.5 Å².